The topological polar surface area (TPSA) is 102 Å². The van der Waals surface area contributed by atoms with E-state index in [2.05, 4.69) is 10.3 Å². The first kappa shape index (κ1) is 27.1. The van der Waals surface area contributed by atoms with Crippen molar-refractivity contribution in [3.8, 4) is 0 Å². The number of amides is 2. The average Bonchev–Trinajstić information content (AvgIpc) is 3.21. The number of carbonyl (C=O) groups is 2. The lowest BCUT2D eigenvalue weighted by molar-refractivity contribution is -0.137. The lowest BCUT2D eigenvalue weighted by Crippen LogP contribution is -2.38. The number of aryl methyl sites for hydroxylation is 1. The number of nitrogens with zero attached hydrogens (tertiary/aromatic N) is 3. The Morgan fingerprint density at radius 1 is 1.11 bits per heavy atom. The summed E-state index contributed by atoms with van der Waals surface area (Å²) in [6.07, 6.45) is -4.77. The second-order valence-electron chi connectivity index (χ2n) is 8.37. The van der Waals surface area contributed by atoms with Crippen LogP contribution in [0.2, 0.25) is 5.02 Å². The monoisotopic (exact) mass is 545 g/mol. The van der Waals surface area contributed by atoms with Gasteiger partial charge in [0, 0.05) is 25.7 Å². The van der Waals surface area contributed by atoms with E-state index in [0.717, 1.165) is 12.1 Å². The minimum atomic E-state index is -4.77. The molecule has 8 nitrogen and oxygen atoms in total. The van der Waals surface area contributed by atoms with E-state index in [4.69, 9.17) is 22.2 Å². The van der Waals surface area contributed by atoms with Crippen molar-refractivity contribution in [2.75, 3.05) is 12.1 Å². The van der Waals surface area contributed by atoms with Gasteiger partial charge in [0.05, 0.1) is 27.9 Å². The zero-order valence-corrected chi connectivity index (χ0v) is 21.1. The van der Waals surface area contributed by atoms with Gasteiger partial charge in [-0.1, -0.05) is 41.9 Å². The molecule has 0 spiro atoms. The molecule has 0 unspecified atom stereocenters. The number of nitrogens with two attached hydrogens (primary N) is 1. The summed E-state index contributed by atoms with van der Waals surface area (Å²) in [5.74, 6) is 4.90. The lowest BCUT2D eigenvalue weighted by atomic mass is 10.1. The minimum Gasteiger partial charge on any atom is -0.377 e. The third-order valence-corrected chi connectivity index (χ3v) is 6.31. The van der Waals surface area contributed by atoms with Crippen molar-refractivity contribution < 1.29 is 27.5 Å². The van der Waals surface area contributed by atoms with Crippen LogP contribution < -0.4 is 16.2 Å². The molecule has 1 aromatic heterocycles. The number of halogens is 4. The summed E-state index contributed by atoms with van der Waals surface area (Å²) >= 11 is 6.19. The third-order valence-electron chi connectivity index (χ3n) is 5.94. The number of aromatic nitrogens is 2. The second kappa shape index (κ2) is 10.8. The number of hydrogen-bond donors (Lipinski definition) is 2. The van der Waals surface area contributed by atoms with Crippen LogP contribution in [0.4, 0.5) is 18.9 Å². The molecule has 0 saturated heterocycles. The molecule has 0 fully saturated rings. The Morgan fingerprint density at radius 3 is 2.47 bits per heavy atom. The van der Waals surface area contributed by atoms with Crippen molar-refractivity contribution in [2.45, 2.75) is 19.3 Å². The van der Waals surface area contributed by atoms with Gasteiger partial charge in [0.15, 0.2) is 0 Å². The minimum absolute atomic E-state index is 0.00524. The van der Waals surface area contributed by atoms with Crippen molar-refractivity contribution in [3.05, 3.63) is 93.8 Å². The highest BCUT2D eigenvalue weighted by atomic mass is 35.5. The molecule has 0 aliphatic carbocycles. The van der Waals surface area contributed by atoms with E-state index in [9.17, 15) is 22.8 Å². The second-order valence-corrected chi connectivity index (χ2v) is 8.78. The fourth-order valence-electron chi connectivity index (χ4n) is 3.97. The number of fused-ring (bicyclic) bond motifs is 1. The summed E-state index contributed by atoms with van der Waals surface area (Å²) in [7, 11) is 3.17. The first-order chi connectivity index (χ1) is 18.0. The van der Waals surface area contributed by atoms with Crippen molar-refractivity contribution in [3.63, 3.8) is 0 Å². The smallest absolute Gasteiger partial charge is 0.377 e. The van der Waals surface area contributed by atoms with Crippen molar-refractivity contribution >= 4 is 40.1 Å². The molecule has 2 amide bonds. The molecule has 0 saturated carbocycles. The number of carbonyl (C=O) groups excluding carboxylic acids is 2. The third kappa shape index (κ3) is 5.35. The van der Waals surface area contributed by atoms with Gasteiger partial charge in [-0.15, -0.1) is 0 Å². The molecule has 12 heteroatoms. The van der Waals surface area contributed by atoms with Crippen LogP contribution in [-0.4, -0.2) is 28.5 Å². The Labute approximate surface area is 220 Å². The van der Waals surface area contributed by atoms with E-state index in [1.54, 1.807) is 35.9 Å². The maximum absolute atomic E-state index is 13.5. The van der Waals surface area contributed by atoms with E-state index < -0.39 is 29.1 Å². The Balaban J connectivity index is 1.77. The number of rotatable bonds is 7. The normalized spacial score (nSPS) is 11.6. The van der Waals surface area contributed by atoms with E-state index in [-0.39, 0.29) is 24.4 Å². The quantitative estimate of drug-likeness (QED) is 0.196. The molecule has 0 bridgehead atoms. The van der Waals surface area contributed by atoms with Crippen LogP contribution in [0.25, 0.3) is 11.0 Å². The van der Waals surface area contributed by atoms with Gasteiger partial charge in [0.2, 0.25) is 0 Å². The summed E-state index contributed by atoms with van der Waals surface area (Å²) < 4.78 is 47.4. The number of hydrazine groups is 1. The summed E-state index contributed by atoms with van der Waals surface area (Å²) in [5.41, 5.74) is -0.291. The maximum atomic E-state index is 13.5. The van der Waals surface area contributed by atoms with Gasteiger partial charge >= 0.3 is 6.18 Å². The molecule has 0 radical (unpaired) electrons. The lowest BCUT2D eigenvalue weighted by Gasteiger charge is -2.20. The zero-order valence-electron chi connectivity index (χ0n) is 20.3. The number of alkyl halides is 3. The fourth-order valence-corrected chi connectivity index (χ4v) is 4.17. The molecule has 0 aliphatic rings. The molecule has 198 valence electrons. The van der Waals surface area contributed by atoms with Crippen LogP contribution in [-0.2, 0) is 31.1 Å². The number of ether oxygens (including phenoxy) is 1. The molecule has 1 heterocycles. The van der Waals surface area contributed by atoms with Gasteiger partial charge in [-0.2, -0.15) is 13.2 Å². The van der Waals surface area contributed by atoms with Crippen LogP contribution in [0, 0.1) is 0 Å². The standard InChI is InChI=1S/C26H23ClF3N5O3/c1-34-21-12-16(35(31)25(37)17-8-4-5-9-19(17)26(28,29)30)11-18(23(21)33-22(34)14-38-2)24(36)32-13-15-7-3-6-10-20(15)27/h3-12H,13-14,31H2,1-2H3,(H,32,36). The zero-order chi connectivity index (χ0) is 27.6. The van der Waals surface area contributed by atoms with E-state index in [1.807, 2.05) is 0 Å². The van der Waals surface area contributed by atoms with E-state index in [1.165, 1.54) is 31.4 Å². The summed E-state index contributed by atoms with van der Waals surface area (Å²) in [5, 5.41) is 3.82. The Kier molecular flexibility index (Phi) is 7.72. The van der Waals surface area contributed by atoms with Gasteiger partial charge in [0.1, 0.15) is 17.9 Å². The number of hydrogen-bond acceptors (Lipinski definition) is 5. The van der Waals surface area contributed by atoms with Gasteiger partial charge in [-0.05, 0) is 35.9 Å². The Bertz CT molecular complexity index is 1520. The number of methoxy groups -OCH3 is 1. The van der Waals surface area contributed by atoms with Crippen LogP contribution in [0.15, 0.2) is 60.7 Å². The van der Waals surface area contributed by atoms with E-state index in [0.29, 0.717) is 32.5 Å². The number of imidazole rings is 1. The molecule has 4 rings (SSSR count). The van der Waals surface area contributed by atoms with Crippen LogP contribution in [0.5, 0.6) is 0 Å². The van der Waals surface area contributed by atoms with Crippen molar-refractivity contribution in [1.82, 2.24) is 14.9 Å². The molecular formula is C26H23ClF3N5O3. The predicted molar refractivity (Wildman–Crippen MR) is 136 cm³/mol. The molecule has 4 aromatic rings. The molecule has 3 N–H and O–H groups in total. The van der Waals surface area contributed by atoms with Gasteiger partial charge in [-0.3, -0.25) is 9.59 Å². The first-order valence-electron chi connectivity index (χ1n) is 11.3. The highest BCUT2D eigenvalue weighted by Gasteiger charge is 2.36. The largest absolute Gasteiger partial charge is 0.417 e. The van der Waals surface area contributed by atoms with Gasteiger partial charge in [0.25, 0.3) is 11.8 Å². The molecule has 0 aliphatic heterocycles. The van der Waals surface area contributed by atoms with Crippen LogP contribution in [0.3, 0.4) is 0 Å². The highest BCUT2D eigenvalue weighted by molar-refractivity contribution is 6.31. The highest BCUT2D eigenvalue weighted by Crippen LogP contribution is 2.33. The van der Waals surface area contributed by atoms with E-state index >= 15 is 0 Å². The van der Waals surface area contributed by atoms with Gasteiger partial charge in [-0.25, -0.2) is 15.8 Å². The van der Waals surface area contributed by atoms with Crippen LogP contribution in [0.1, 0.15) is 37.7 Å². The molecule has 38 heavy (non-hydrogen) atoms. The predicted octanol–water partition coefficient (Wildman–Crippen LogP) is 4.84. The average molecular weight is 546 g/mol. The van der Waals surface area contributed by atoms with Crippen LogP contribution >= 0.6 is 11.6 Å². The first-order valence-corrected chi connectivity index (χ1v) is 11.7. The molecular weight excluding hydrogens is 523 g/mol. The number of benzene rings is 3. The van der Waals surface area contributed by atoms with Gasteiger partial charge < -0.3 is 14.6 Å². The number of nitrogens with one attached hydrogen (secondary N) is 1. The Hall–Kier alpha value is -3.93. The summed E-state index contributed by atoms with van der Waals surface area (Å²) in [6.45, 7) is 0.234. The number of anilines is 1. The summed E-state index contributed by atoms with van der Waals surface area (Å²) in [6, 6.07) is 14.1. The SMILES string of the molecule is COCc1nc2c(C(=O)NCc3ccccc3Cl)cc(N(N)C(=O)c3ccccc3C(F)(F)F)cc2n1C. The molecule has 0 atom stereocenters. The van der Waals surface area contributed by atoms with Crippen molar-refractivity contribution in [2.24, 2.45) is 12.9 Å². The van der Waals surface area contributed by atoms with Crippen molar-refractivity contribution in [1.29, 1.82) is 0 Å². The Morgan fingerprint density at radius 2 is 1.79 bits per heavy atom. The fraction of sp³-hybridized carbons (Fsp3) is 0.192. The maximum Gasteiger partial charge on any atom is 0.417 e. The molecule has 3 aromatic carbocycles. The summed E-state index contributed by atoms with van der Waals surface area (Å²) in [4.78, 5) is 30.9.